The normalized spacial score (nSPS) is 18.7. The van der Waals surface area contributed by atoms with E-state index in [-0.39, 0.29) is 36.3 Å². The van der Waals surface area contributed by atoms with Crippen LogP contribution in [0.15, 0.2) is 29.1 Å². The van der Waals surface area contributed by atoms with Crippen LogP contribution in [0, 0.1) is 15.3 Å². The molecule has 0 bridgehead atoms. The highest BCUT2D eigenvalue weighted by Gasteiger charge is 2.47. The average Bonchev–Trinajstić information content (AvgIpc) is 3.41. The largest absolute Gasteiger partial charge is 0.396 e. The van der Waals surface area contributed by atoms with E-state index in [2.05, 4.69) is 15.0 Å². The van der Waals surface area contributed by atoms with E-state index in [1.807, 2.05) is 22.6 Å². The number of H-pyrrole nitrogens is 1. The summed E-state index contributed by atoms with van der Waals surface area (Å²) in [4.78, 5) is 14.5. The Kier molecular flexibility index (Phi) is 6.27. The number of hydrogen-bond donors (Lipinski definition) is 4. The van der Waals surface area contributed by atoms with Crippen LogP contribution in [0.5, 0.6) is 0 Å². The molecule has 8 nitrogen and oxygen atoms in total. The standard InChI is InChI=1S/C17H19FIN3O5S/c1-27-8-10-5-15(24)21-17(20-13-3-2-11(19)6-12(13)18)16(10)22-28(25,26)14-4-9(14)7-23/h2-3,5-6,9,14,22-23H,4,7-8H2,1H3,(H2,20,21,24). The van der Waals surface area contributed by atoms with Gasteiger partial charge in [-0.3, -0.25) is 9.52 Å². The predicted octanol–water partition coefficient (Wildman–Crippen LogP) is 2.13. The first-order chi connectivity index (χ1) is 13.2. The van der Waals surface area contributed by atoms with Crippen molar-refractivity contribution in [2.45, 2.75) is 18.3 Å². The number of pyridine rings is 1. The highest BCUT2D eigenvalue weighted by molar-refractivity contribution is 14.1. The monoisotopic (exact) mass is 523 g/mol. The maximum Gasteiger partial charge on any atom is 0.249 e. The molecule has 3 rings (SSSR count). The molecule has 0 spiro atoms. The molecule has 2 unspecified atom stereocenters. The number of hydrogen-bond acceptors (Lipinski definition) is 6. The van der Waals surface area contributed by atoms with Gasteiger partial charge in [0.1, 0.15) is 11.6 Å². The van der Waals surface area contributed by atoms with Crippen LogP contribution in [0.25, 0.3) is 0 Å². The molecule has 28 heavy (non-hydrogen) atoms. The number of aliphatic hydroxyl groups is 1. The van der Waals surface area contributed by atoms with Crippen molar-refractivity contribution in [1.29, 1.82) is 0 Å². The minimum atomic E-state index is -3.81. The second kappa shape index (κ2) is 8.35. The summed E-state index contributed by atoms with van der Waals surface area (Å²) >= 11 is 1.96. The minimum absolute atomic E-state index is 0.00410. The fourth-order valence-corrected chi connectivity index (χ4v) is 5.04. The molecule has 0 saturated heterocycles. The Morgan fingerprint density at radius 1 is 1.39 bits per heavy atom. The molecule has 1 aliphatic carbocycles. The van der Waals surface area contributed by atoms with Crippen molar-refractivity contribution in [2.24, 2.45) is 5.92 Å². The molecule has 2 aromatic rings. The Labute approximate surface area is 174 Å². The summed E-state index contributed by atoms with van der Waals surface area (Å²) in [6.07, 6.45) is 0.351. The van der Waals surface area contributed by atoms with Gasteiger partial charge in [0.25, 0.3) is 0 Å². The average molecular weight is 523 g/mol. The number of ether oxygens (including phenoxy) is 1. The van der Waals surface area contributed by atoms with E-state index >= 15 is 0 Å². The Balaban J connectivity index is 2.02. The molecule has 1 aromatic carbocycles. The maximum absolute atomic E-state index is 14.2. The second-order valence-corrected chi connectivity index (χ2v) is 9.60. The molecule has 0 aliphatic heterocycles. The summed E-state index contributed by atoms with van der Waals surface area (Å²) < 4.78 is 47.7. The fraction of sp³-hybridized carbons (Fsp3) is 0.353. The Morgan fingerprint density at radius 3 is 2.75 bits per heavy atom. The highest BCUT2D eigenvalue weighted by Crippen LogP contribution is 2.39. The van der Waals surface area contributed by atoms with E-state index in [9.17, 15) is 17.6 Å². The number of aliphatic hydroxyl groups excluding tert-OH is 1. The first-order valence-corrected chi connectivity index (χ1v) is 11.0. The minimum Gasteiger partial charge on any atom is -0.396 e. The molecule has 1 aliphatic rings. The highest BCUT2D eigenvalue weighted by atomic mass is 127. The van der Waals surface area contributed by atoms with Gasteiger partial charge in [-0.25, -0.2) is 12.8 Å². The zero-order valence-electron chi connectivity index (χ0n) is 14.8. The van der Waals surface area contributed by atoms with Gasteiger partial charge in [0.15, 0.2) is 0 Å². The first kappa shape index (κ1) is 21.0. The van der Waals surface area contributed by atoms with Crippen molar-refractivity contribution in [2.75, 3.05) is 23.8 Å². The molecule has 0 amide bonds. The smallest absolute Gasteiger partial charge is 0.249 e. The molecule has 4 N–H and O–H groups in total. The van der Waals surface area contributed by atoms with Crippen molar-refractivity contribution in [1.82, 2.24) is 4.98 Å². The summed E-state index contributed by atoms with van der Waals surface area (Å²) in [6, 6.07) is 5.68. The third-order valence-electron chi connectivity index (χ3n) is 4.35. The zero-order valence-corrected chi connectivity index (χ0v) is 17.8. The predicted molar refractivity (Wildman–Crippen MR) is 112 cm³/mol. The zero-order chi connectivity index (χ0) is 20.5. The van der Waals surface area contributed by atoms with Gasteiger partial charge in [0.05, 0.1) is 23.2 Å². The van der Waals surface area contributed by atoms with Gasteiger partial charge >= 0.3 is 0 Å². The van der Waals surface area contributed by atoms with Crippen molar-refractivity contribution < 1.29 is 22.7 Å². The molecule has 0 radical (unpaired) electrons. The number of methoxy groups -OCH3 is 1. The number of nitrogens with one attached hydrogen (secondary N) is 3. The Bertz CT molecular complexity index is 1040. The van der Waals surface area contributed by atoms with Crippen LogP contribution < -0.4 is 15.6 Å². The molecule has 11 heteroatoms. The third-order valence-corrected chi connectivity index (χ3v) is 6.88. The number of aromatic amines is 1. The molecule has 2 atom stereocenters. The number of halogens is 2. The van der Waals surface area contributed by atoms with Crippen LogP contribution in [-0.4, -0.2) is 37.5 Å². The number of benzene rings is 1. The van der Waals surface area contributed by atoms with Crippen molar-refractivity contribution in [3.63, 3.8) is 0 Å². The van der Waals surface area contributed by atoms with E-state index in [0.717, 1.165) is 0 Å². The van der Waals surface area contributed by atoms with Gasteiger partial charge in [-0.2, -0.15) is 0 Å². The van der Waals surface area contributed by atoms with Crippen LogP contribution in [0.2, 0.25) is 0 Å². The van der Waals surface area contributed by atoms with Gasteiger partial charge in [-0.05, 0) is 47.2 Å². The second-order valence-electron chi connectivity index (χ2n) is 6.45. The van der Waals surface area contributed by atoms with Gasteiger partial charge in [-0.1, -0.05) is 0 Å². The Morgan fingerprint density at radius 2 is 2.14 bits per heavy atom. The number of aromatic nitrogens is 1. The van der Waals surface area contributed by atoms with E-state index < -0.39 is 26.6 Å². The third kappa shape index (κ3) is 4.64. The summed E-state index contributed by atoms with van der Waals surface area (Å²) in [5.41, 5.74) is -0.0544. The molecule has 152 valence electrons. The SMILES string of the molecule is COCc1cc(=O)[nH]c(Nc2ccc(I)cc2F)c1NS(=O)(=O)C1CC1CO. The molecular weight excluding hydrogens is 504 g/mol. The lowest BCUT2D eigenvalue weighted by Crippen LogP contribution is -2.23. The van der Waals surface area contributed by atoms with E-state index in [4.69, 9.17) is 9.84 Å². The molecule has 1 saturated carbocycles. The fourth-order valence-electron chi connectivity index (χ4n) is 2.83. The number of rotatable bonds is 8. The van der Waals surface area contributed by atoms with Crippen LogP contribution >= 0.6 is 22.6 Å². The molecule has 1 fully saturated rings. The van der Waals surface area contributed by atoms with Crippen LogP contribution in [0.1, 0.15) is 12.0 Å². The summed E-state index contributed by atoms with van der Waals surface area (Å²) in [5.74, 6) is -0.873. The summed E-state index contributed by atoms with van der Waals surface area (Å²) in [6.45, 7) is -0.249. The Hall–Kier alpha value is -1.70. The number of anilines is 3. The lowest BCUT2D eigenvalue weighted by Gasteiger charge is -2.18. The molecule has 1 aromatic heterocycles. The first-order valence-electron chi connectivity index (χ1n) is 8.35. The van der Waals surface area contributed by atoms with Gasteiger partial charge in [0.2, 0.25) is 15.6 Å². The van der Waals surface area contributed by atoms with Crippen molar-refractivity contribution >= 4 is 49.8 Å². The quantitative estimate of drug-likeness (QED) is 0.394. The summed E-state index contributed by atoms with van der Waals surface area (Å²) in [5, 5.41) is 11.2. The summed E-state index contributed by atoms with van der Waals surface area (Å²) in [7, 11) is -2.40. The number of sulfonamides is 1. The van der Waals surface area contributed by atoms with Crippen LogP contribution in [0.4, 0.5) is 21.6 Å². The van der Waals surface area contributed by atoms with Crippen molar-refractivity contribution in [3.8, 4) is 0 Å². The van der Waals surface area contributed by atoms with E-state index in [0.29, 0.717) is 15.6 Å². The van der Waals surface area contributed by atoms with Crippen LogP contribution in [0.3, 0.4) is 0 Å². The van der Waals surface area contributed by atoms with Crippen LogP contribution in [-0.2, 0) is 21.4 Å². The van der Waals surface area contributed by atoms with Gasteiger partial charge < -0.3 is 20.1 Å². The van der Waals surface area contributed by atoms with Crippen molar-refractivity contribution in [3.05, 3.63) is 49.6 Å². The lowest BCUT2D eigenvalue weighted by molar-refractivity contribution is 0.185. The topological polar surface area (TPSA) is 121 Å². The molecule has 1 heterocycles. The van der Waals surface area contributed by atoms with Gasteiger partial charge in [-0.15, -0.1) is 0 Å². The van der Waals surface area contributed by atoms with Gasteiger partial charge in [0, 0.05) is 34.8 Å². The van der Waals surface area contributed by atoms with E-state index in [1.54, 1.807) is 6.07 Å². The molecular formula is C17H19FIN3O5S. The van der Waals surface area contributed by atoms with E-state index in [1.165, 1.54) is 25.3 Å². The lowest BCUT2D eigenvalue weighted by atomic mass is 10.2. The maximum atomic E-state index is 14.2.